The third kappa shape index (κ3) is 5.69. The zero-order valence-electron chi connectivity index (χ0n) is 6.35. The molecule has 0 aliphatic heterocycles. The number of hydrogen-bond donors (Lipinski definition) is 1. The van der Waals surface area contributed by atoms with Gasteiger partial charge < -0.3 is 10.1 Å². The van der Waals surface area contributed by atoms with Crippen LogP contribution in [-0.2, 0) is 4.74 Å². The first-order valence-corrected chi connectivity index (χ1v) is 3.57. The molecule has 1 unspecified atom stereocenters. The first-order valence-electron chi connectivity index (χ1n) is 3.13. The Balaban J connectivity index is 3.44. The van der Waals surface area contributed by atoms with Crippen molar-refractivity contribution in [3.8, 4) is 0 Å². The van der Waals surface area contributed by atoms with E-state index in [2.05, 4.69) is 5.32 Å². The molecular formula is C6H12ClNO2. The van der Waals surface area contributed by atoms with E-state index in [1.165, 1.54) is 0 Å². The van der Waals surface area contributed by atoms with Crippen LogP contribution in [0.3, 0.4) is 0 Å². The van der Waals surface area contributed by atoms with E-state index < -0.39 is 6.09 Å². The monoisotopic (exact) mass is 165 g/mol. The summed E-state index contributed by atoms with van der Waals surface area (Å²) in [5.41, 5.74) is -0.383. The second-order valence-corrected chi connectivity index (χ2v) is 2.87. The molecule has 0 aliphatic carbocycles. The van der Waals surface area contributed by atoms with Crippen molar-refractivity contribution in [1.29, 1.82) is 0 Å². The second-order valence-electron chi connectivity index (χ2n) is 2.21. The summed E-state index contributed by atoms with van der Waals surface area (Å²) < 4.78 is 4.73. The third-order valence-corrected chi connectivity index (χ3v) is 0.769. The number of ether oxygens (including phenoxy) is 1. The first kappa shape index (κ1) is 9.56. The maximum Gasteiger partial charge on any atom is 0.408 e. The highest BCUT2D eigenvalue weighted by Gasteiger charge is 2.05. The second kappa shape index (κ2) is 4.39. The average Bonchev–Trinajstić information content (AvgIpc) is 1.58. The molecule has 1 amide bonds. The third-order valence-electron chi connectivity index (χ3n) is 0.659. The Bertz CT molecular complexity index is 102. The molecule has 0 spiro atoms. The van der Waals surface area contributed by atoms with Crippen LogP contribution < -0.4 is 5.32 Å². The fourth-order valence-electron chi connectivity index (χ4n) is 0.410. The lowest BCUT2D eigenvalue weighted by Crippen LogP contribution is -2.30. The largest absolute Gasteiger partial charge is 0.447 e. The zero-order chi connectivity index (χ0) is 8.15. The highest BCUT2D eigenvalue weighted by atomic mass is 35.5. The van der Waals surface area contributed by atoms with Crippen LogP contribution in [0.5, 0.6) is 0 Å². The van der Waals surface area contributed by atoms with E-state index in [1.807, 2.05) is 0 Å². The summed E-state index contributed by atoms with van der Waals surface area (Å²) in [4.78, 5) is 10.6. The van der Waals surface area contributed by atoms with Crippen molar-refractivity contribution >= 4 is 17.7 Å². The number of alkyl halides is 1. The summed E-state index contributed by atoms with van der Waals surface area (Å²) in [7, 11) is 0. The Labute approximate surface area is 65.7 Å². The quantitative estimate of drug-likeness (QED) is 0.500. The van der Waals surface area contributed by atoms with Gasteiger partial charge in [0.25, 0.3) is 0 Å². The molecule has 0 saturated heterocycles. The topological polar surface area (TPSA) is 38.3 Å². The zero-order valence-corrected chi connectivity index (χ0v) is 7.11. The molecule has 1 atom stereocenters. The van der Waals surface area contributed by atoms with Crippen LogP contribution in [-0.4, -0.2) is 17.7 Å². The SMILES string of the molecule is CC(Cl)NC(=O)OC(C)C. The van der Waals surface area contributed by atoms with E-state index >= 15 is 0 Å². The summed E-state index contributed by atoms with van der Waals surface area (Å²) in [6.45, 7) is 5.21. The van der Waals surface area contributed by atoms with Gasteiger partial charge in [-0.1, -0.05) is 11.6 Å². The number of amides is 1. The van der Waals surface area contributed by atoms with Gasteiger partial charge in [-0.15, -0.1) is 0 Å². The maximum absolute atomic E-state index is 10.6. The molecule has 0 radical (unpaired) electrons. The molecule has 0 bridgehead atoms. The van der Waals surface area contributed by atoms with Crippen LogP contribution in [0.2, 0.25) is 0 Å². The van der Waals surface area contributed by atoms with Crippen molar-refractivity contribution < 1.29 is 9.53 Å². The van der Waals surface area contributed by atoms with E-state index in [0.29, 0.717) is 0 Å². The molecule has 1 N–H and O–H groups in total. The fraction of sp³-hybridized carbons (Fsp3) is 0.833. The number of nitrogens with one attached hydrogen (secondary N) is 1. The van der Waals surface area contributed by atoms with E-state index in [4.69, 9.17) is 16.3 Å². The van der Waals surface area contributed by atoms with Crippen LogP contribution in [0.15, 0.2) is 0 Å². The average molecular weight is 166 g/mol. The molecule has 0 fully saturated rings. The number of halogens is 1. The molecular weight excluding hydrogens is 154 g/mol. The highest BCUT2D eigenvalue weighted by molar-refractivity contribution is 6.20. The number of alkyl carbamates (subject to hydrolysis) is 1. The van der Waals surface area contributed by atoms with Crippen LogP contribution in [0.25, 0.3) is 0 Å². The van der Waals surface area contributed by atoms with Crippen molar-refractivity contribution in [1.82, 2.24) is 5.32 Å². The van der Waals surface area contributed by atoms with Gasteiger partial charge in [-0.2, -0.15) is 0 Å². The summed E-state index contributed by atoms with van der Waals surface area (Å²) in [5.74, 6) is 0. The number of hydrogen-bond acceptors (Lipinski definition) is 2. The molecule has 0 heterocycles. The molecule has 60 valence electrons. The Morgan fingerprint density at radius 3 is 2.30 bits per heavy atom. The number of carbonyl (C=O) groups excluding carboxylic acids is 1. The molecule has 0 aliphatic rings. The van der Waals surface area contributed by atoms with Crippen molar-refractivity contribution in [3.05, 3.63) is 0 Å². The summed E-state index contributed by atoms with van der Waals surface area (Å²) in [5, 5.41) is 2.38. The van der Waals surface area contributed by atoms with Gasteiger partial charge in [0.15, 0.2) is 0 Å². The Hall–Kier alpha value is -0.440. The van der Waals surface area contributed by atoms with Crippen molar-refractivity contribution in [2.45, 2.75) is 32.4 Å². The summed E-state index contributed by atoms with van der Waals surface area (Å²) >= 11 is 5.44. The van der Waals surface area contributed by atoms with Crippen molar-refractivity contribution in [2.75, 3.05) is 0 Å². The predicted octanol–water partition coefficient (Wildman–Crippen LogP) is 1.71. The molecule has 4 heteroatoms. The minimum atomic E-state index is -0.475. The lowest BCUT2D eigenvalue weighted by atomic mass is 10.5. The van der Waals surface area contributed by atoms with Gasteiger partial charge in [-0.05, 0) is 20.8 Å². The maximum atomic E-state index is 10.6. The van der Waals surface area contributed by atoms with Gasteiger partial charge >= 0.3 is 6.09 Å². The minimum absolute atomic E-state index is 0.101. The number of rotatable bonds is 2. The van der Waals surface area contributed by atoms with Crippen LogP contribution >= 0.6 is 11.6 Å². The normalized spacial score (nSPS) is 12.9. The van der Waals surface area contributed by atoms with E-state index in [0.717, 1.165) is 0 Å². The van der Waals surface area contributed by atoms with E-state index in [1.54, 1.807) is 20.8 Å². The van der Waals surface area contributed by atoms with Crippen LogP contribution in [0.4, 0.5) is 4.79 Å². The standard InChI is InChI=1S/C6H12ClNO2/c1-4(2)10-6(9)8-5(3)7/h4-5H,1-3H3,(H,8,9). The Morgan fingerprint density at radius 1 is 1.50 bits per heavy atom. The number of carbonyl (C=O) groups is 1. The van der Waals surface area contributed by atoms with Gasteiger partial charge in [0.2, 0.25) is 0 Å². The molecule has 0 aromatic carbocycles. The van der Waals surface area contributed by atoms with Crippen LogP contribution in [0.1, 0.15) is 20.8 Å². The molecule has 0 rings (SSSR count). The Kier molecular flexibility index (Phi) is 4.19. The van der Waals surface area contributed by atoms with Gasteiger partial charge in [0.1, 0.15) is 5.50 Å². The Morgan fingerprint density at radius 2 is 2.00 bits per heavy atom. The minimum Gasteiger partial charge on any atom is -0.447 e. The van der Waals surface area contributed by atoms with Gasteiger partial charge in [-0.3, -0.25) is 0 Å². The molecule has 0 aromatic heterocycles. The lowest BCUT2D eigenvalue weighted by molar-refractivity contribution is 0.115. The molecule has 10 heavy (non-hydrogen) atoms. The summed E-state index contributed by atoms with van der Waals surface area (Å²) in [6, 6.07) is 0. The van der Waals surface area contributed by atoms with Gasteiger partial charge in [-0.25, -0.2) is 4.79 Å². The van der Waals surface area contributed by atoms with E-state index in [9.17, 15) is 4.79 Å². The molecule has 3 nitrogen and oxygen atoms in total. The smallest absolute Gasteiger partial charge is 0.408 e. The van der Waals surface area contributed by atoms with Gasteiger partial charge in [0, 0.05) is 0 Å². The fourth-order valence-corrected chi connectivity index (χ4v) is 0.500. The molecule has 0 saturated carbocycles. The predicted molar refractivity (Wildman–Crippen MR) is 40.1 cm³/mol. The van der Waals surface area contributed by atoms with Crippen molar-refractivity contribution in [2.24, 2.45) is 0 Å². The lowest BCUT2D eigenvalue weighted by Gasteiger charge is -2.09. The van der Waals surface area contributed by atoms with Crippen LogP contribution in [0, 0.1) is 0 Å². The van der Waals surface area contributed by atoms with Gasteiger partial charge in [0.05, 0.1) is 6.10 Å². The van der Waals surface area contributed by atoms with E-state index in [-0.39, 0.29) is 11.6 Å². The van der Waals surface area contributed by atoms with Crippen molar-refractivity contribution in [3.63, 3.8) is 0 Å². The molecule has 0 aromatic rings. The summed E-state index contributed by atoms with van der Waals surface area (Å²) in [6.07, 6.45) is -0.576. The highest BCUT2D eigenvalue weighted by Crippen LogP contribution is 1.92. The first-order chi connectivity index (χ1) is 4.52.